The lowest BCUT2D eigenvalue weighted by Gasteiger charge is -2.09. The molecule has 0 spiro atoms. The smallest absolute Gasteiger partial charge is 0.0672 e. The Labute approximate surface area is 127 Å². The first-order chi connectivity index (χ1) is 10.0. The van der Waals surface area contributed by atoms with Gasteiger partial charge in [0.2, 0.25) is 0 Å². The second-order valence-corrected chi connectivity index (χ2v) is 6.51. The van der Waals surface area contributed by atoms with Crippen LogP contribution in [-0.2, 0) is 6.54 Å². The van der Waals surface area contributed by atoms with Gasteiger partial charge < -0.3 is 5.32 Å². The monoisotopic (exact) mass is 283 g/mol. The van der Waals surface area contributed by atoms with E-state index in [2.05, 4.69) is 67.2 Å². The van der Waals surface area contributed by atoms with E-state index in [1.54, 1.807) is 0 Å². The van der Waals surface area contributed by atoms with Gasteiger partial charge in [0.25, 0.3) is 0 Å². The molecule has 1 aromatic carbocycles. The summed E-state index contributed by atoms with van der Waals surface area (Å²) in [5, 5.41) is 8.23. The first-order valence-corrected chi connectivity index (χ1v) is 7.93. The van der Waals surface area contributed by atoms with Crippen molar-refractivity contribution in [1.82, 2.24) is 15.1 Å². The molecule has 0 bridgehead atoms. The van der Waals surface area contributed by atoms with E-state index in [1.807, 2.05) is 0 Å². The van der Waals surface area contributed by atoms with Gasteiger partial charge in [-0.2, -0.15) is 5.10 Å². The van der Waals surface area contributed by atoms with Crippen LogP contribution in [0.4, 0.5) is 0 Å². The van der Waals surface area contributed by atoms with E-state index in [-0.39, 0.29) is 0 Å². The van der Waals surface area contributed by atoms with E-state index >= 15 is 0 Å². The van der Waals surface area contributed by atoms with Crippen molar-refractivity contribution in [3.05, 3.63) is 41.2 Å². The molecule has 2 aromatic rings. The van der Waals surface area contributed by atoms with Crippen LogP contribution in [0.3, 0.4) is 0 Å². The van der Waals surface area contributed by atoms with Crippen LogP contribution in [0.5, 0.6) is 0 Å². The molecule has 3 rings (SSSR count). The van der Waals surface area contributed by atoms with Crippen molar-refractivity contribution >= 4 is 0 Å². The highest BCUT2D eigenvalue weighted by Gasteiger charge is 2.20. The van der Waals surface area contributed by atoms with Gasteiger partial charge in [-0.05, 0) is 63.3 Å². The first kappa shape index (κ1) is 14.3. The lowest BCUT2D eigenvalue weighted by Crippen LogP contribution is -2.15. The largest absolute Gasteiger partial charge is 0.310 e. The summed E-state index contributed by atoms with van der Waals surface area (Å²) in [4.78, 5) is 0. The predicted octanol–water partition coefficient (Wildman–Crippen LogP) is 4.00. The van der Waals surface area contributed by atoms with Gasteiger partial charge in [0, 0.05) is 30.4 Å². The number of hydrogen-bond acceptors (Lipinski definition) is 2. The molecule has 1 N–H and O–H groups in total. The SMILES string of the molecule is Cc1ccc(CNC2CC2)cc1-c1cn(C(C)C)nc1C. The van der Waals surface area contributed by atoms with Gasteiger partial charge in [0.15, 0.2) is 0 Å². The first-order valence-electron chi connectivity index (χ1n) is 7.93. The number of aryl methyl sites for hydroxylation is 2. The molecule has 0 aliphatic heterocycles. The zero-order valence-corrected chi connectivity index (χ0v) is 13.5. The number of rotatable bonds is 5. The van der Waals surface area contributed by atoms with Gasteiger partial charge in [0.1, 0.15) is 0 Å². The van der Waals surface area contributed by atoms with Crippen molar-refractivity contribution in [1.29, 1.82) is 0 Å². The average molecular weight is 283 g/mol. The zero-order chi connectivity index (χ0) is 15.0. The molecule has 0 radical (unpaired) electrons. The number of nitrogens with one attached hydrogen (secondary N) is 1. The van der Waals surface area contributed by atoms with Crippen LogP contribution in [0, 0.1) is 13.8 Å². The second kappa shape index (κ2) is 5.64. The maximum absolute atomic E-state index is 4.64. The van der Waals surface area contributed by atoms with Crippen molar-refractivity contribution in [2.75, 3.05) is 0 Å². The second-order valence-electron chi connectivity index (χ2n) is 6.51. The maximum atomic E-state index is 4.64. The van der Waals surface area contributed by atoms with Crippen LogP contribution < -0.4 is 5.32 Å². The average Bonchev–Trinajstić information content (AvgIpc) is 3.19. The molecule has 3 heteroatoms. The molecular formula is C18H25N3. The van der Waals surface area contributed by atoms with Gasteiger partial charge >= 0.3 is 0 Å². The van der Waals surface area contributed by atoms with Crippen LogP contribution in [0.1, 0.15) is 49.6 Å². The normalized spacial score (nSPS) is 14.9. The van der Waals surface area contributed by atoms with Gasteiger partial charge in [-0.25, -0.2) is 0 Å². The molecule has 0 atom stereocenters. The van der Waals surface area contributed by atoms with Crippen molar-refractivity contribution in [3.8, 4) is 11.1 Å². The zero-order valence-electron chi connectivity index (χ0n) is 13.5. The van der Waals surface area contributed by atoms with Crippen molar-refractivity contribution in [3.63, 3.8) is 0 Å². The summed E-state index contributed by atoms with van der Waals surface area (Å²) in [6.45, 7) is 9.58. The van der Waals surface area contributed by atoms with Crippen molar-refractivity contribution in [2.45, 2.75) is 59.2 Å². The van der Waals surface area contributed by atoms with Crippen LogP contribution in [0.15, 0.2) is 24.4 Å². The lowest BCUT2D eigenvalue weighted by atomic mass is 9.98. The van der Waals surface area contributed by atoms with E-state index in [0.717, 1.165) is 18.3 Å². The standard InChI is InChI=1S/C18H25N3/c1-12(2)21-11-18(14(4)20-21)17-9-15(6-5-13(17)3)10-19-16-7-8-16/h5-6,9,11-12,16,19H,7-8,10H2,1-4H3. The third-order valence-electron chi connectivity index (χ3n) is 4.21. The summed E-state index contributed by atoms with van der Waals surface area (Å²) in [7, 11) is 0. The van der Waals surface area contributed by atoms with Crippen LogP contribution in [0.25, 0.3) is 11.1 Å². The Bertz CT molecular complexity index is 636. The Morgan fingerprint density at radius 2 is 2.00 bits per heavy atom. The fourth-order valence-corrected chi connectivity index (χ4v) is 2.63. The minimum absolute atomic E-state index is 0.400. The van der Waals surface area contributed by atoms with E-state index in [0.29, 0.717) is 6.04 Å². The van der Waals surface area contributed by atoms with Gasteiger partial charge in [0.05, 0.1) is 5.69 Å². The number of aromatic nitrogens is 2. The molecule has 0 amide bonds. The minimum Gasteiger partial charge on any atom is -0.310 e. The van der Waals surface area contributed by atoms with Crippen LogP contribution in [0.2, 0.25) is 0 Å². The van der Waals surface area contributed by atoms with Crippen molar-refractivity contribution in [2.24, 2.45) is 0 Å². The molecule has 1 aromatic heterocycles. The number of hydrogen-bond donors (Lipinski definition) is 1. The number of benzene rings is 1. The summed E-state index contributed by atoms with van der Waals surface area (Å²) < 4.78 is 2.05. The van der Waals surface area contributed by atoms with Crippen LogP contribution >= 0.6 is 0 Å². The van der Waals surface area contributed by atoms with Gasteiger partial charge in [-0.1, -0.05) is 12.1 Å². The molecule has 1 aliphatic rings. The molecule has 0 unspecified atom stereocenters. The molecular weight excluding hydrogens is 258 g/mol. The highest BCUT2D eigenvalue weighted by atomic mass is 15.3. The van der Waals surface area contributed by atoms with Crippen LogP contribution in [-0.4, -0.2) is 15.8 Å². The molecule has 1 heterocycles. The summed E-state index contributed by atoms with van der Waals surface area (Å²) in [5.74, 6) is 0. The van der Waals surface area contributed by atoms with E-state index in [4.69, 9.17) is 0 Å². The third kappa shape index (κ3) is 3.18. The maximum Gasteiger partial charge on any atom is 0.0672 e. The Morgan fingerprint density at radius 3 is 2.62 bits per heavy atom. The summed E-state index contributed by atoms with van der Waals surface area (Å²) in [6.07, 6.45) is 4.85. The Hall–Kier alpha value is -1.61. The highest BCUT2D eigenvalue weighted by Crippen LogP contribution is 2.28. The Kier molecular flexibility index (Phi) is 3.85. The van der Waals surface area contributed by atoms with E-state index in [1.165, 1.54) is 35.1 Å². The van der Waals surface area contributed by atoms with Gasteiger partial charge in [-0.3, -0.25) is 4.68 Å². The number of nitrogens with zero attached hydrogens (tertiary/aromatic N) is 2. The molecule has 1 aliphatic carbocycles. The third-order valence-corrected chi connectivity index (χ3v) is 4.21. The predicted molar refractivity (Wildman–Crippen MR) is 87.4 cm³/mol. The summed E-state index contributed by atoms with van der Waals surface area (Å²) >= 11 is 0. The molecule has 3 nitrogen and oxygen atoms in total. The van der Waals surface area contributed by atoms with Crippen molar-refractivity contribution < 1.29 is 0 Å². The molecule has 1 fully saturated rings. The molecule has 0 saturated heterocycles. The molecule has 1 saturated carbocycles. The lowest BCUT2D eigenvalue weighted by molar-refractivity contribution is 0.529. The van der Waals surface area contributed by atoms with Gasteiger partial charge in [-0.15, -0.1) is 0 Å². The Morgan fingerprint density at radius 1 is 1.24 bits per heavy atom. The molecule has 112 valence electrons. The summed E-state index contributed by atoms with van der Waals surface area (Å²) in [6, 6.07) is 7.93. The molecule has 21 heavy (non-hydrogen) atoms. The summed E-state index contributed by atoms with van der Waals surface area (Å²) in [5.41, 5.74) is 6.36. The quantitative estimate of drug-likeness (QED) is 0.899. The topological polar surface area (TPSA) is 29.9 Å². The fourth-order valence-electron chi connectivity index (χ4n) is 2.63. The van der Waals surface area contributed by atoms with E-state index < -0.39 is 0 Å². The fraction of sp³-hybridized carbons (Fsp3) is 0.500. The van der Waals surface area contributed by atoms with E-state index in [9.17, 15) is 0 Å². The highest BCUT2D eigenvalue weighted by molar-refractivity contribution is 5.69. The Balaban J connectivity index is 1.90. The minimum atomic E-state index is 0.400.